The van der Waals surface area contributed by atoms with Gasteiger partial charge in [0.2, 0.25) is 5.56 Å². The average molecular weight is 185 g/mol. The van der Waals surface area contributed by atoms with E-state index >= 15 is 0 Å². The molecule has 4 heteroatoms. The fraction of sp³-hybridized carbons (Fsp3) is 0.100. The first-order chi connectivity index (χ1) is 6.70. The Balaban J connectivity index is 2.80. The summed E-state index contributed by atoms with van der Waals surface area (Å²) >= 11 is 0. The summed E-state index contributed by atoms with van der Waals surface area (Å²) in [5, 5.41) is 0.892. The lowest BCUT2D eigenvalue weighted by atomic mass is 9.93. The fourth-order valence-corrected chi connectivity index (χ4v) is 1.38. The van der Waals surface area contributed by atoms with Crippen LogP contribution in [0.1, 0.15) is 0 Å². The third-order valence-corrected chi connectivity index (χ3v) is 2.07. The van der Waals surface area contributed by atoms with Crippen LogP contribution in [0.5, 0.6) is 5.75 Å². The number of hydrogen-bond donors (Lipinski definition) is 1. The zero-order valence-electron chi connectivity index (χ0n) is 7.70. The first-order valence-electron chi connectivity index (χ1n) is 4.17. The highest BCUT2D eigenvalue weighted by Gasteiger charge is 2.00. The van der Waals surface area contributed by atoms with Gasteiger partial charge in [-0.05, 0) is 11.5 Å². The molecule has 2 aromatic rings. The number of nitrogens with one attached hydrogen (secondary N) is 1. The largest absolute Gasteiger partial charge is 0.497 e. The number of rotatable bonds is 1. The highest BCUT2D eigenvalue weighted by atomic mass is 16.5. The SMILES string of the molecule is [B]c1cc2ccc(=O)[nH]c2cc1OC. The van der Waals surface area contributed by atoms with Crippen molar-refractivity contribution in [1.82, 2.24) is 4.98 Å². The van der Waals surface area contributed by atoms with Gasteiger partial charge in [0, 0.05) is 12.1 Å². The summed E-state index contributed by atoms with van der Waals surface area (Å²) in [7, 11) is 7.26. The molecule has 0 unspecified atom stereocenters. The van der Waals surface area contributed by atoms with Gasteiger partial charge in [0.15, 0.2) is 0 Å². The number of fused-ring (bicyclic) bond motifs is 1. The molecule has 0 saturated heterocycles. The highest BCUT2D eigenvalue weighted by Crippen LogP contribution is 2.14. The smallest absolute Gasteiger partial charge is 0.248 e. The van der Waals surface area contributed by atoms with Crippen LogP contribution in [0.2, 0.25) is 0 Å². The molecule has 0 aliphatic heterocycles. The summed E-state index contributed by atoms with van der Waals surface area (Å²) in [6.07, 6.45) is 0. The van der Waals surface area contributed by atoms with E-state index in [1.165, 1.54) is 6.07 Å². The van der Waals surface area contributed by atoms with Crippen LogP contribution in [-0.2, 0) is 0 Å². The number of pyridine rings is 1. The van der Waals surface area contributed by atoms with Crippen molar-refractivity contribution in [2.75, 3.05) is 7.11 Å². The molecule has 68 valence electrons. The maximum atomic E-state index is 11.0. The molecule has 1 aromatic heterocycles. The lowest BCUT2D eigenvalue weighted by Gasteiger charge is -2.06. The van der Waals surface area contributed by atoms with Gasteiger partial charge in [0.1, 0.15) is 13.6 Å². The quantitative estimate of drug-likeness (QED) is 0.650. The van der Waals surface area contributed by atoms with E-state index in [0.29, 0.717) is 11.2 Å². The van der Waals surface area contributed by atoms with Crippen molar-refractivity contribution in [2.45, 2.75) is 0 Å². The Morgan fingerprint density at radius 1 is 1.36 bits per heavy atom. The second kappa shape index (κ2) is 3.22. The molecule has 0 atom stereocenters. The van der Waals surface area contributed by atoms with E-state index in [1.807, 2.05) is 0 Å². The van der Waals surface area contributed by atoms with Crippen molar-refractivity contribution < 1.29 is 4.74 Å². The van der Waals surface area contributed by atoms with Crippen LogP contribution < -0.4 is 15.8 Å². The van der Waals surface area contributed by atoms with Crippen LogP contribution in [0.15, 0.2) is 29.1 Å². The van der Waals surface area contributed by atoms with E-state index in [2.05, 4.69) is 4.98 Å². The predicted molar refractivity (Wildman–Crippen MR) is 56.5 cm³/mol. The zero-order valence-corrected chi connectivity index (χ0v) is 7.70. The summed E-state index contributed by atoms with van der Waals surface area (Å²) in [4.78, 5) is 13.7. The Kier molecular flexibility index (Phi) is 2.04. The van der Waals surface area contributed by atoms with E-state index in [0.717, 1.165) is 10.9 Å². The number of H-pyrrole nitrogens is 1. The Morgan fingerprint density at radius 3 is 2.86 bits per heavy atom. The zero-order chi connectivity index (χ0) is 10.1. The topological polar surface area (TPSA) is 42.1 Å². The van der Waals surface area contributed by atoms with Gasteiger partial charge in [-0.15, -0.1) is 0 Å². The number of hydrogen-bond acceptors (Lipinski definition) is 2. The average Bonchev–Trinajstić information content (AvgIpc) is 2.17. The van der Waals surface area contributed by atoms with Crippen LogP contribution in [0.4, 0.5) is 0 Å². The monoisotopic (exact) mass is 185 g/mol. The van der Waals surface area contributed by atoms with Crippen LogP contribution in [0.25, 0.3) is 10.9 Å². The Hall–Kier alpha value is -1.71. The van der Waals surface area contributed by atoms with Gasteiger partial charge in [0.05, 0.1) is 12.6 Å². The van der Waals surface area contributed by atoms with Gasteiger partial charge in [-0.2, -0.15) is 0 Å². The summed E-state index contributed by atoms with van der Waals surface area (Å²) in [5.41, 5.74) is 1.15. The number of benzene rings is 1. The minimum absolute atomic E-state index is 0.135. The normalized spacial score (nSPS) is 10.4. The van der Waals surface area contributed by atoms with Gasteiger partial charge in [-0.25, -0.2) is 0 Å². The first-order valence-corrected chi connectivity index (χ1v) is 4.17. The lowest BCUT2D eigenvalue weighted by Crippen LogP contribution is -2.09. The molecule has 0 amide bonds. The van der Waals surface area contributed by atoms with Crippen LogP contribution in [0.3, 0.4) is 0 Å². The molecule has 0 saturated carbocycles. The van der Waals surface area contributed by atoms with Crippen molar-refractivity contribution in [1.29, 1.82) is 0 Å². The lowest BCUT2D eigenvalue weighted by molar-refractivity contribution is 0.418. The molecule has 2 radical (unpaired) electrons. The van der Waals surface area contributed by atoms with E-state index in [9.17, 15) is 4.79 Å². The number of aromatic amines is 1. The van der Waals surface area contributed by atoms with Crippen molar-refractivity contribution in [3.63, 3.8) is 0 Å². The summed E-state index contributed by atoms with van der Waals surface area (Å²) in [5.74, 6) is 0.569. The van der Waals surface area contributed by atoms with Crippen molar-refractivity contribution >= 4 is 24.2 Å². The molecular weight excluding hydrogens is 177 g/mol. The van der Waals surface area contributed by atoms with Crippen LogP contribution >= 0.6 is 0 Å². The second-order valence-electron chi connectivity index (χ2n) is 3.00. The molecule has 0 bridgehead atoms. The van der Waals surface area contributed by atoms with Crippen molar-refractivity contribution in [3.05, 3.63) is 34.6 Å². The number of aromatic nitrogens is 1. The van der Waals surface area contributed by atoms with Gasteiger partial charge in [0.25, 0.3) is 0 Å². The third kappa shape index (κ3) is 1.39. The molecule has 0 aliphatic carbocycles. The Labute approximate surface area is 82.1 Å². The fourth-order valence-electron chi connectivity index (χ4n) is 1.38. The minimum atomic E-state index is -0.135. The molecule has 0 aliphatic rings. The number of methoxy groups -OCH3 is 1. The van der Waals surface area contributed by atoms with Gasteiger partial charge in [-0.3, -0.25) is 4.79 Å². The molecule has 3 nitrogen and oxygen atoms in total. The molecule has 2 rings (SSSR count). The molecule has 1 N–H and O–H groups in total. The van der Waals surface area contributed by atoms with E-state index in [1.54, 1.807) is 25.3 Å². The molecule has 0 spiro atoms. The molecular formula is C10H8BNO2. The summed E-state index contributed by atoms with van der Waals surface area (Å²) < 4.78 is 5.05. The molecule has 1 heterocycles. The van der Waals surface area contributed by atoms with Crippen LogP contribution in [-0.4, -0.2) is 19.9 Å². The molecule has 1 aromatic carbocycles. The van der Waals surface area contributed by atoms with E-state index < -0.39 is 0 Å². The van der Waals surface area contributed by atoms with Crippen molar-refractivity contribution in [2.24, 2.45) is 0 Å². The van der Waals surface area contributed by atoms with Gasteiger partial charge < -0.3 is 9.72 Å². The summed E-state index contributed by atoms with van der Waals surface area (Å²) in [6, 6.07) is 6.67. The molecule has 14 heavy (non-hydrogen) atoms. The minimum Gasteiger partial charge on any atom is -0.497 e. The molecule has 0 fully saturated rings. The van der Waals surface area contributed by atoms with E-state index in [4.69, 9.17) is 12.6 Å². The second-order valence-corrected chi connectivity index (χ2v) is 3.00. The Morgan fingerprint density at radius 2 is 2.14 bits per heavy atom. The third-order valence-electron chi connectivity index (χ3n) is 2.07. The maximum absolute atomic E-state index is 11.0. The standard InChI is InChI=1S/C10H8BNO2/c1-14-9-5-8-6(4-7(9)11)2-3-10(13)12-8/h2-5H,1H3,(H,12,13). The highest BCUT2D eigenvalue weighted by molar-refractivity contribution is 6.35. The summed E-state index contributed by atoms with van der Waals surface area (Å²) in [6.45, 7) is 0. The van der Waals surface area contributed by atoms with E-state index in [-0.39, 0.29) is 5.56 Å². The predicted octanol–water partition coefficient (Wildman–Crippen LogP) is 0.330. The number of ether oxygens (including phenoxy) is 1. The van der Waals surface area contributed by atoms with Crippen LogP contribution in [0, 0.1) is 0 Å². The maximum Gasteiger partial charge on any atom is 0.248 e. The van der Waals surface area contributed by atoms with Gasteiger partial charge >= 0.3 is 0 Å². The Bertz CT molecular complexity index is 533. The first kappa shape index (κ1) is 8.87. The van der Waals surface area contributed by atoms with Gasteiger partial charge in [-0.1, -0.05) is 11.5 Å². The van der Waals surface area contributed by atoms with Crippen molar-refractivity contribution in [3.8, 4) is 5.75 Å².